The topological polar surface area (TPSA) is 73.4 Å². The summed E-state index contributed by atoms with van der Waals surface area (Å²) in [6, 6.07) is 8.98. The fourth-order valence-electron chi connectivity index (χ4n) is 2.23. The van der Waals surface area contributed by atoms with Gasteiger partial charge in [-0.3, -0.25) is 0 Å². The number of urea groups is 1. The van der Waals surface area contributed by atoms with Gasteiger partial charge in [0.05, 0.1) is 5.60 Å². The fraction of sp³-hybridized carbons (Fsp3) is 0.500. The van der Waals surface area contributed by atoms with Crippen LogP contribution in [0, 0.1) is 0 Å². The molecule has 0 spiro atoms. The Morgan fingerprint density at radius 3 is 2.84 bits per heavy atom. The maximum atomic E-state index is 11.7. The van der Waals surface area contributed by atoms with Crippen molar-refractivity contribution in [1.29, 1.82) is 0 Å². The minimum atomic E-state index is -0.794. The van der Waals surface area contributed by atoms with Crippen LogP contribution in [-0.2, 0) is 0 Å². The Labute approximate surface area is 113 Å². The highest BCUT2D eigenvalue weighted by Crippen LogP contribution is 2.18. The van der Waals surface area contributed by atoms with Crippen LogP contribution in [0.5, 0.6) is 0 Å². The van der Waals surface area contributed by atoms with Crippen molar-refractivity contribution in [2.24, 2.45) is 0 Å². The molecule has 0 aliphatic carbocycles. The van der Waals surface area contributed by atoms with Crippen LogP contribution in [0.2, 0.25) is 0 Å². The van der Waals surface area contributed by atoms with Gasteiger partial charge in [0, 0.05) is 12.2 Å². The summed E-state index contributed by atoms with van der Waals surface area (Å²) in [5.74, 6) is 0. The van der Waals surface area contributed by atoms with Crippen LogP contribution in [0.3, 0.4) is 0 Å². The lowest BCUT2D eigenvalue weighted by molar-refractivity contribution is 0.0312. The number of amides is 2. The van der Waals surface area contributed by atoms with Gasteiger partial charge in [-0.2, -0.15) is 0 Å². The Balaban J connectivity index is 1.79. The largest absolute Gasteiger partial charge is 0.388 e. The molecule has 1 heterocycles. The van der Waals surface area contributed by atoms with E-state index in [-0.39, 0.29) is 12.6 Å². The van der Waals surface area contributed by atoms with Gasteiger partial charge in [-0.1, -0.05) is 18.2 Å². The molecule has 5 heteroatoms. The first kappa shape index (κ1) is 13.8. The van der Waals surface area contributed by atoms with Crippen LogP contribution in [0.1, 0.15) is 19.3 Å². The predicted molar refractivity (Wildman–Crippen MR) is 75.1 cm³/mol. The highest BCUT2D eigenvalue weighted by molar-refractivity contribution is 5.89. The summed E-state index contributed by atoms with van der Waals surface area (Å²) in [5.41, 5.74) is -0.0492. The summed E-state index contributed by atoms with van der Waals surface area (Å²) in [5, 5.41) is 19.1. The van der Waals surface area contributed by atoms with Crippen LogP contribution < -0.4 is 16.0 Å². The van der Waals surface area contributed by atoms with Gasteiger partial charge in [-0.05, 0) is 44.5 Å². The highest BCUT2D eigenvalue weighted by Gasteiger charge is 2.28. The van der Waals surface area contributed by atoms with Gasteiger partial charge < -0.3 is 21.1 Å². The lowest BCUT2D eigenvalue weighted by atomic mass is 9.95. The average molecular weight is 263 g/mol. The summed E-state index contributed by atoms with van der Waals surface area (Å²) in [4.78, 5) is 11.7. The van der Waals surface area contributed by atoms with Gasteiger partial charge >= 0.3 is 6.03 Å². The van der Waals surface area contributed by atoms with E-state index in [1.807, 2.05) is 30.3 Å². The molecule has 104 valence electrons. The van der Waals surface area contributed by atoms with E-state index in [1.165, 1.54) is 0 Å². The van der Waals surface area contributed by atoms with Crippen molar-refractivity contribution in [3.8, 4) is 0 Å². The Morgan fingerprint density at radius 2 is 2.05 bits per heavy atom. The van der Waals surface area contributed by atoms with E-state index in [0.29, 0.717) is 12.8 Å². The van der Waals surface area contributed by atoms with Gasteiger partial charge in [0.2, 0.25) is 0 Å². The number of carbonyl (C=O) groups is 1. The number of hydrogen-bond acceptors (Lipinski definition) is 3. The van der Waals surface area contributed by atoms with Gasteiger partial charge in [-0.25, -0.2) is 4.79 Å². The van der Waals surface area contributed by atoms with Crippen molar-refractivity contribution in [3.63, 3.8) is 0 Å². The van der Waals surface area contributed by atoms with Crippen LogP contribution in [0.4, 0.5) is 10.5 Å². The molecule has 1 fully saturated rings. The molecule has 0 unspecified atom stereocenters. The molecule has 0 saturated carbocycles. The second kappa shape index (κ2) is 6.54. The summed E-state index contributed by atoms with van der Waals surface area (Å²) >= 11 is 0. The number of anilines is 1. The molecule has 5 nitrogen and oxygen atoms in total. The van der Waals surface area contributed by atoms with E-state index < -0.39 is 5.60 Å². The molecule has 19 heavy (non-hydrogen) atoms. The molecule has 1 atom stereocenters. The average Bonchev–Trinajstić information content (AvgIpc) is 2.63. The number of benzene rings is 1. The van der Waals surface area contributed by atoms with Crippen LogP contribution >= 0.6 is 0 Å². The van der Waals surface area contributed by atoms with Gasteiger partial charge in [0.15, 0.2) is 0 Å². The second-order valence-corrected chi connectivity index (χ2v) is 5.00. The predicted octanol–water partition coefficient (Wildman–Crippen LogP) is 1.31. The molecule has 4 N–H and O–H groups in total. The molecule has 1 aromatic carbocycles. The van der Waals surface area contributed by atoms with Gasteiger partial charge in [0.25, 0.3) is 0 Å². The zero-order valence-corrected chi connectivity index (χ0v) is 11.0. The molecule has 2 rings (SSSR count). The van der Waals surface area contributed by atoms with Crippen molar-refractivity contribution in [2.75, 3.05) is 25.0 Å². The highest BCUT2D eigenvalue weighted by atomic mass is 16.3. The molecule has 0 bridgehead atoms. The summed E-state index contributed by atoms with van der Waals surface area (Å²) in [6.07, 6.45) is 2.31. The van der Waals surface area contributed by atoms with E-state index in [0.717, 1.165) is 25.2 Å². The third-order valence-corrected chi connectivity index (χ3v) is 3.37. The maximum Gasteiger partial charge on any atom is 0.319 e. The molecule has 0 radical (unpaired) electrons. The van der Waals surface area contributed by atoms with Crippen LogP contribution in [0.25, 0.3) is 0 Å². The minimum absolute atomic E-state index is 0.281. The van der Waals surface area contributed by atoms with Crippen molar-refractivity contribution >= 4 is 11.7 Å². The maximum absolute atomic E-state index is 11.7. The monoisotopic (exact) mass is 263 g/mol. The molecule has 1 aliphatic rings. The molecule has 2 amide bonds. The zero-order chi connectivity index (χ0) is 13.6. The third-order valence-electron chi connectivity index (χ3n) is 3.37. The van der Waals surface area contributed by atoms with Crippen molar-refractivity contribution in [2.45, 2.75) is 24.9 Å². The molecule has 1 aliphatic heterocycles. The number of carbonyl (C=O) groups excluding carboxylic acids is 1. The Bertz CT molecular complexity index is 400. The number of nitrogens with one attached hydrogen (secondary N) is 3. The molecular weight excluding hydrogens is 242 g/mol. The number of para-hydroxylation sites is 1. The first-order valence-electron chi connectivity index (χ1n) is 6.71. The van der Waals surface area contributed by atoms with E-state index in [1.54, 1.807) is 0 Å². The van der Waals surface area contributed by atoms with E-state index in [2.05, 4.69) is 16.0 Å². The van der Waals surface area contributed by atoms with Crippen LogP contribution in [0.15, 0.2) is 30.3 Å². The van der Waals surface area contributed by atoms with E-state index >= 15 is 0 Å². The van der Waals surface area contributed by atoms with E-state index in [9.17, 15) is 9.90 Å². The summed E-state index contributed by atoms with van der Waals surface area (Å²) < 4.78 is 0. The van der Waals surface area contributed by atoms with E-state index in [4.69, 9.17) is 0 Å². The first-order chi connectivity index (χ1) is 9.18. The molecule has 0 aromatic heterocycles. The lowest BCUT2D eigenvalue weighted by Crippen LogP contribution is -2.44. The molecule has 1 saturated heterocycles. The van der Waals surface area contributed by atoms with Crippen molar-refractivity contribution in [1.82, 2.24) is 10.6 Å². The molecular formula is C14H21N3O2. The lowest BCUT2D eigenvalue weighted by Gasteiger charge is -2.26. The second-order valence-electron chi connectivity index (χ2n) is 5.00. The Hall–Kier alpha value is -1.59. The normalized spacial score (nSPS) is 23.4. The number of aliphatic hydroxyl groups is 1. The van der Waals surface area contributed by atoms with Crippen molar-refractivity contribution < 1.29 is 9.90 Å². The van der Waals surface area contributed by atoms with Crippen molar-refractivity contribution in [3.05, 3.63) is 30.3 Å². The first-order valence-corrected chi connectivity index (χ1v) is 6.71. The smallest absolute Gasteiger partial charge is 0.319 e. The Morgan fingerprint density at radius 1 is 1.26 bits per heavy atom. The standard InChI is InChI=1S/C14H21N3O2/c18-13(17-12-5-2-1-3-6-12)16-11-14(19)7-4-9-15-10-8-14/h1-3,5-6,15,19H,4,7-11H2,(H2,16,17,18)/t14-/m1/s1. The molecule has 1 aromatic rings. The summed E-state index contributed by atoms with van der Waals surface area (Å²) in [7, 11) is 0. The quantitative estimate of drug-likeness (QED) is 0.664. The van der Waals surface area contributed by atoms with Crippen LogP contribution in [-0.4, -0.2) is 36.4 Å². The van der Waals surface area contributed by atoms with Gasteiger partial charge in [0.1, 0.15) is 0 Å². The minimum Gasteiger partial charge on any atom is -0.388 e. The number of rotatable bonds is 3. The number of hydrogen-bond donors (Lipinski definition) is 4. The zero-order valence-electron chi connectivity index (χ0n) is 11.0. The fourth-order valence-corrected chi connectivity index (χ4v) is 2.23. The Kier molecular flexibility index (Phi) is 4.76. The third kappa shape index (κ3) is 4.54. The van der Waals surface area contributed by atoms with Gasteiger partial charge in [-0.15, -0.1) is 0 Å². The SMILES string of the molecule is O=C(NC[C@@]1(O)CCCNCC1)Nc1ccccc1. The summed E-state index contributed by atoms with van der Waals surface area (Å²) in [6.45, 7) is 2.00.